The van der Waals surface area contributed by atoms with Gasteiger partial charge in [-0.3, -0.25) is 9.48 Å². The Labute approximate surface area is 107 Å². The normalized spacial score (nSPS) is 23.1. The van der Waals surface area contributed by atoms with Crippen molar-refractivity contribution in [3.05, 3.63) is 18.0 Å². The van der Waals surface area contributed by atoms with E-state index in [2.05, 4.69) is 5.10 Å². The molecule has 0 saturated carbocycles. The summed E-state index contributed by atoms with van der Waals surface area (Å²) in [6.07, 6.45) is 3.21. The van der Waals surface area contributed by atoms with Crippen molar-refractivity contribution in [1.82, 2.24) is 14.7 Å². The predicted octanol–water partition coefficient (Wildman–Crippen LogP) is -0.00160. The van der Waals surface area contributed by atoms with Crippen molar-refractivity contribution in [1.29, 1.82) is 0 Å². The average molecular weight is 252 g/mol. The van der Waals surface area contributed by atoms with Gasteiger partial charge in [0, 0.05) is 32.9 Å². The van der Waals surface area contributed by atoms with Crippen LogP contribution in [0.3, 0.4) is 0 Å². The first kappa shape index (κ1) is 13.0. The summed E-state index contributed by atoms with van der Waals surface area (Å²) >= 11 is 0. The highest BCUT2D eigenvalue weighted by Crippen LogP contribution is 2.22. The number of rotatable bonds is 2. The van der Waals surface area contributed by atoms with Crippen LogP contribution >= 0.6 is 0 Å². The standard InChI is InChI=1S/C12H20N4O2/c1-12(2)8-16(7-10(4-13)18-12)11(17)9-5-14-15(3)6-9/h5-6,10H,4,7-8,13H2,1-3H3. The van der Waals surface area contributed by atoms with E-state index >= 15 is 0 Å². The van der Waals surface area contributed by atoms with E-state index in [0.29, 0.717) is 25.2 Å². The summed E-state index contributed by atoms with van der Waals surface area (Å²) in [5.41, 5.74) is 5.89. The molecule has 0 spiro atoms. The second kappa shape index (κ2) is 4.70. The van der Waals surface area contributed by atoms with E-state index in [9.17, 15) is 4.79 Å². The molecule has 1 atom stereocenters. The van der Waals surface area contributed by atoms with Crippen LogP contribution in [0.25, 0.3) is 0 Å². The van der Waals surface area contributed by atoms with Crippen LogP contribution in [0.5, 0.6) is 0 Å². The third kappa shape index (κ3) is 2.70. The number of hydrogen-bond acceptors (Lipinski definition) is 4. The van der Waals surface area contributed by atoms with Gasteiger partial charge in [0.25, 0.3) is 5.91 Å². The van der Waals surface area contributed by atoms with Gasteiger partial charge in [0.15, 0.2) is 0 Å². The number of ether oxygens (including phenoxy) is 1. The van der Waals surface area contributed by atoms with Gasteiger partial charge in [-0.05, 0) is 13.8 Å². The largest absolute Gasteiger partial charge is 0.367 e. The maximum atomic E-state index is 12.3. The summed E-state index contributed by atoms with van der Waals surface area (Å²) < 4.78 is 7.43. The van der Waals surface area contributed by atoms with Gasteiger partial charge in [-0.1, -0.05) is 0 Å². The van der Waals surface area contributed by atoms with Crippen LogP contribution in [0.1, 0.15) is 24.2 Å². The van der Waals surface area contributed by atoms with E-state index in [-0.39, 0.29) is 17.6 Å². The van der Waals surface area contributed by atoms with Gasteiger partial charge in [0.2, 0.25) is 0 Å². The lowest BCUT2D eigenvalue weighted by atomic mass is 10.0. The molecule has 1 aliphatic rings. The lowest BCUT2D eigenvalue weighted by molar-refractivity contribution is -0.122. The Morgan fingerprint density at radius 3 is 2.94 bits per heavy atom. The number of nitrogens with two attached hydrogens (primary N) is 1. The smallest absolute Gasteiger partial charge is 0.257 e. The van der Waals surface area contributed by atoms with Crippen LogP contribution < -0.4 is 5.73 Å². The van der Waals surface area contributed by atoms with Gasteiger partial charge in [0.05, 0.1) is 23.5 Å². The highest BCUT2D eigenvalue weighted by molar-refractivity contribution is 5.93. The van der Waals surface area contributed by atoms with E-state index < -0.39 is 0 Å². The third-order valence-corrected chi connectivity index (χ3v) is 2.98. The Bertz CT molecular complexity index is 441. The molecule has 2 N–H and O–H groups in total. The molecule has 0 bridgehead atoms. The van der Waals surface area contributed by atoms with Crippen molar-refractivity contribution >= 4 is 5.91 Å². The van der Waals surface area contributed by atoms with Gasteiger partial charge in [-0.15, -0.1) is 0 Å². The van der Waals surface area contributed by atoms with Crippen molar-refractivity contribution in [2.24, 2.45) is 12.8 Å². The molecule has 1 aromatic rings. The minimum atomic E-state index is -0.361. The van der Waals surface area contributed by atoms with Crippen LogP contribution in [0.4, 0.5) is 0 Å². The first-order chi connectivity index (χ1) is 8.41. The number of hydrogen-bond donors (Lipinski definition) is 1. The van der Waals surface area contributed by atoms with Gasteiger partial charge in [-0.25, -0.2) is 0 Å². The summed E-state index contributed by atoms with van der Waals surface area (Å²) in [6, 6.07) is 0. The average Bonchev–Trinajstić information content (AvgIpc) is 2.72. The maximum Gasteiger partial charge on any atom is 0.257 e. The quantitative estimate of drug-likeness (QED) is 0.804. The molecule has 100 valence electrons. The fourth-order valence-corrected chi connectivity index (χ4v) is 2.29. The second-order valence-electron chi connectivity index (χ2n) is 5.32. The SMILES string of the molecule is Cn1cc(C(=O)N2CC(CN)OC(C)(C)C2)cn1. The minimum absolute atomic E-state index is 0.0158. The molecule has 1 aliphatic heterocycles. The zero-order valence-electron chi connectivity index (χ0n) is 11.1. The van der Waals surface area contributed by atoms with E-state index in [1.807, 2.05) is 13.8 Å². The number of aryl methyl sites for hydroxylation is 1. The molecule has 1 aromatic heterocycles. The lowest BCUT2D eigenvalue weighted by Gasteiger charge is -2.42. The van der Waals surface area contributed by atoms with E-state index in [4.69, 9.17) is 10.5 Å². The van der Waals surface area contributed by atoms with E-state index in [1.54, 1.807) is 29.0 Å². The zero-order chi connectivity index (χ0) is 13.3. The van der Waals surface area contributed by atoms with Crippen molar-refractivity contribution < 1.29 is 9.53 Å². The molecule has 2 rings (SSSR count). The first-order valence-corrected chi connectivity index (χ1v) is 6.07. The molecule has 0 aliphatic carbocycles. The summed E-state index contributed by atoms with van der Waals surface area (Å²) in [4.78, 5) is 14.1. The zero-order valence-corrected chi connectivity index (χ0v) is 11.1. The van der Waals surface area contributed by atoms with Crippen LogP contribution in [0.15, 0.2) is 12.4 Å². The van der Waals surface area contributed by atoms with Gasteiger partial charge in [-0.2, -0.15) is 5.10 Å². The molecular formula is C12H20N4O2. The second-order valence-corrected chi connectivity index (χ2v) is 5.32. The number of aromatic nitrogens is 2. The summed E-state index contributed by atoms with van der Waals surface area (Å²) in [5.74, 6) is -0.0158. The van der Waals surface area contributed by atoms with Crippen LogP contribution in [-0.4, -0.2) is 51.9 Å². The first-order valence-electron chi connectivity index (χ1n) is 6.07. The number of morpholine rings is 1. The van der Waals surface area contributed by atoms with Crippen LogP contribution in [0.2, 0.25) is 0 Å². The molecule has 2 heterocycles. The highest BCUT2D eigenvalue weighted by Gasteiger charge is 2.35. The number of carbonyl (C=O) groups is 1. The molecular weight excluding hydrogens is 232 g/mol. The summed E-state index contributed by atoms with van der Waals surface area (Å²) in [5, 5.41) is 4.02. The van der Waals surface area contributed by atoms with Gasteiger partial charge in [0.1, 0.15) is 0 Å². The Hall–Kier alpha value is -1.40. The molecule has 18 heavy (non-hydrogen) atoms. The Morgan fingerprint density at radius 1 is 1.67 bits per heavy atom. The molecule has 1 unspecified atom stereocenters. The van der Waals surface area contributed by atoms with Crippen molar-refractivity contribution in [3.8, 4) is 0 Å². The molecule has 6 heteroatoms. The molecule has 0 radical (unpaired) electrons. The molecule has 1 fully saturated rings. The van der Waals surface area contributed by atoms with E-state index in [1.165, 1.54) is 0 Å². The maximum absolute atomic E-state index is 12.3. The van der Waals surface area contributed by atoms with Crippen molar-refractivity contribution in [2.75, 3.05) is 19.6 Å². The highest BCUT2D eigenvalue weighted by atomic mass is 16.5. The molecule has 1 amide bonds. The fraction of sp³-hybridized carbons (Fsp3) is 0.667. The van der Waals surface area contributed by atoms with E-state index in [0.717, 1.165) is 0 Å². The molecule has 1 saturated heterocycles. The van der Waals surface area contributed by atoms with Gasteiger partial charge >= 0.3 is 0 Å². The Morgan fingerprint density at radius 2 is 2.39 bits per heavy atom. The third-order valence-electron chi connectivity index (χ3n) is 2.98. The topological polar surface area (TPSA) is 73.4 Å². The summed E-state index contributed by atoms with van der Waals surface area (Å²) in [6.45, 7) is 5.46. The number of amides is 1. The minimum Gasteiger partial charge on any atom is -0.367 e. The monoisotopic (exact) mass is 252 g/mol. The molecule has 6 nitrogen and oxygen atoms in total. The van der Waals surface area contributed by atoms with Crippen LogP contribution in [0, 0.1) is 0 Å². The lowest BCUT2D eigenvalue weighted by Crippen LogP contribution is -2.56. The number of nitrogens with zero attached hydrogens (tertiary/aromatic N) is 3. The molecule has 0 aromatic carbocycles. The van der Waals surface area contributed by atoms with Crippen molar-refractivity contribution in [3.63, 3.8) is 0 Å². The van der Waals surface area contributed by atoms with Gasteiger partial charge < -0.3 is 15.4 Å². The predicted molar refractivity (Wildman–Crippen MR) is 67.1 cm³/mol. The Kier molecular flexibility index (Phi) is 3.41. The number of carbonyl (C=O) groups excluding carboxylic acids is 1. The van der Waals surface area contributed by atoms with Crippen molar-refractivity contribution in [2.45, 2.75) is 25.6 Å². The Balaban J connectivity index is 2.14. The fourth-order valence-electron chi connectivity index (χ4n) is 2.29. The van der Waals surface area contributed by atoms with Crippen LogP contribution in [-0.2, 0) is 11.8 Å². The summed E-state index contributed by atoms with van der Waals surface area (Å²) in [7, 11) is 1.79.